The van der Waals surface area contributed by atoms with Crippen molar-refractivity contribution in [2.75, 3.05) is 0 Å². The lowest BCUT2D eigenvalue weighted by Gasteiger charge is -2.19. The Balaban J connectivity index is 2.17. The summed E-state index contributed by atoms with van der Waals surface area (Å²) in [5.74, 6) is 0. The number of nitrogens with one attached hydrogen (secondary N) is 1. The zero-order valence-electron chi connectivity index (χ0n) is 12.1. The van der Waals surface area contributed by atoms with E-state index in [-0.39, 0.29) is 5.41 Å². The SMILES string of the molecule is CC(C)(C)c1ccc(-n2c(=S)[nH]c3cc(Cl)cnc32)cc1. The molecular formula is C16H16ClN3S. The number of aromatic amines is 1. The summed E-state index contributed by atoms with van der Waals surface area (Å²) in [4.78, 5) is 7.52. The first-order valence-corrected chi connectivity index (χ1v) is 7.52. The maximum atomic E-state index is 5.97. The number of hydrogen-bond donors (Lipinski definition) is 1. The van der Waals surface area contributed by atoms with Crippen LogP contribution in [0.3, 0.4) is 0 Å². The van der Waals surface area contributed by atoms with E-state index in [1.54, 1.807) is 6.20 Å². The Morgan fingerprint density at radius 2 is 1.86 bits per heavy atom. The lowest BCUT2D eigenvalue weighted by molar-refractivity contribution is 0.590. The molecule has 3 nitrogen and oxygen atoms in total. The van der Waals surface area contributed by atoms with Crippen LogP contribution in [0.25, 0.3) is 16.9 Å². The zero-order valence-corrected chi connectivity index (χ0v) is 13.7. The zero-order chi connectivity index (χ0) is 15.2. The summed E-state index contributed by atoms with van der Waals surface area (Å²) in [5.41, 5.74) is 4.04. The molecule has 21 heavy (non-hydrogen) atoms. The van der Waals surface area contributed by atoms with E-state index in [1.807, 2.05) is 10.6 Å². The summed E-state index contributed by atoms with van der Waals surface area (Å²) in [6.07, 6.45) is 1.63. The van der Waals surface area contributed by atoms with E-state index in [0.717, 1.165) is 16.9 Å². The van der Waals surface area contributed by atoms with Gasteiger partial charge in [-0.2, -0.15) is 0 Å². The summed E-state index contributed by atoms with van der Waals surface area (Å²) in [5, 5.41) is 0.592. The van der Waals surface area contributed by atoms with Crippen LogP contribution >= 0.6 is 23.8 Å². The van der Waals surface area contributed by atoms with Gasteiger partial charge in [0.15, 0.2) is 10.4 Å². The molecule has 0 saturated heterocycles. The fraction of sp³-hybridized carbons (Fsp3) is 0.250. The molecule has 0 fully saturated rings. The van der Waals surface area contributed by atoms with Crippen molar-refractivity contribution < 1.29 is 0 Å². The Kier molecular flexibility index (Phi) is 3.38. The quantitative estimate of drug-likeness (QED) is 0.638. The summed E-state index contributed by atoms with van der Waals surface area (Å²) >= 11 is 11.4. The van der Waals surface area contributed by atoms with Gasteiger partial charge in [-0.15, -0.1) is 0 Å². The standard InChI is InChI=1S/C16H16ClN3S/c1-16(2,3)10-4-6-12(7-5-10)20-14-13(19-15(20)21)8-11(17)9-18-14/h4-9H,1-3H3,(H,19,21). The predicted molar refractivity (Wildman–Crippen MR) is 90.0 cm³/mol. The maximum Gasteiger partial charge on any atom is 0.183 e. The van der Waals surface area contributed by atoms with Crippen molar-refractivity contribution in [1.29, 1.82) is 0 Å². The molecule has 3 aromatic rings. The fourth-order valence-electron chi connectivity index (χ4n) is 2.32. The Hall–Kier alpha value is -1.65. The second-order valence-corrected chi connectivity index (χ2v) is 6.91. The lowest BCUT2D eigenvalue weighted by atomic mass is 9.87. The first kappa shape index (κ1) is 14.3. The van der Waals surface area contributed by atoms with Crippen molar-refractivity contribution in [1.82, 2.24) is 14.5 Å². The number of halogens is 1. The van der Waals surface area contributed by atoms with Crippen molar-refractivity contribution in [3.63, 3.8) is 0 Å². The van der Waals surface area contributed by atoms with Crippen LogP contribution in [0.2, 0.25) is 5.02 Å². The average molecular weight is 318 g/mol. The number of nitrogens with zero attached hydrogens (tertiary/aromatic N) is 2. The van der Waals surface area contributed by atoms with E-state index < -0.39 is 0 Å². The molecular weight excluding hydrogens is 302 g/mol. The van der Waals surface area contributed by atoms with E-state index in [4.69, 9.17) is 23.8 Å². The molecule has 1 N–H and O–H groups in total. The molecule has 5 heteroatoms. The number of hydrogen-bond acceptors (Lipinski definition) is 2. The monoisotopic (exact) mass is 317 g/mol. The Labute approximate surface area is 133 Å². The van der Waals surface area contributed by atoms with E-state index in [1.165, 1.54) is 5.56 Å². The van der Waals surface area contributed by atoms with Gasteiger partial charge in [0.2, 0.25) is 0 Å². The number of aromatic nitrogens is 3. The van der Waals surface area contributed by atoms with Crippen LogP contribution < -0.4 is 0 Å². The molecule has 2 aromatic heterocycles. The van der Waals surface area contributed by atoms with Gasteiger partial charge < -0.3 is 4.98 Å². The van der Waals surface area contributed by atoms with Gasteiger partial charge in [-0.25, -0.2) is 4.98 Å². The highest BCUT2D eigenvalue weighted by Crippen LogP contribution is 2.25. The van der Waals surface area contributed by atoms with Crippen molar-refractivity contribution in [2.24, 2.45) is 0 Å². The molecule has 0 aliphatic rings. The normalized spacial score (nSPS) is 12.0. The van der Waals surface area contributed by atoms with E-state index in [0.29, 0.717) is 9.79 Å². The second-order valence-electron chi connectivity index (χ2n) is 6.09. The van der Waals surface area contributed by atoms with Crippen LogP contribution in [0.15, 0.2) is 36.5 Å². The summed E-state index contributed by atoms with van der Waals surface area (Å²) in [6.45, 7) is 6.59. The van der Waals surface area contributed by atoms with Crippen LogP contribution in [0, 0.1) is 4.77 Å². The summed E-state index contributed by atoms with van der Waals surface area (Å²) in [7, 11) is 0. The third-order valence-corrected chi connectivity index (χ3v) is 3.97. The lowest BCUT2D eigenvalue weighted by Crippen LogP contribution is -2.10. The summed E-state index contributed by atoms with van der Waals surface area (Å²) < 4.78 is 2.54. The van der Waals surface area contributed by atoms with Crippen LogP contribution in [0.4, 0.5) is 0 Å². The van der Waals surface area contributed by atoms with Crippen molar-refractivity contribution in [3.05, 3.63) is 51.9 Å². The Morgan fingerprint density at radius 1 is 1.19 bits per heavy atom. The highest BCUT2D eigenvalue weighted by molar-refractivity contribution is 7.71. The van der Waals surface area contributed by atoms with Crippen LogP contribution in [0.5, 0.6) is 0 Å². The average Bonchev–Trinajstić information content (AvgIpc) is 2.73. The van der Waals surface area contributed by atoms with Crippen LogP contribution in [-0.4, -0.2) is 14.5 Å². The molecule has 108 valence electrons. The van der Waals surface area contributed by atoms with Gasteiger partial charge in [0.05, 0.1) is 10.5 Å². The third-order valence-electron chi connectivity index (χ3n) is 3.48. The van der Waals surface area contributed by atoms with Gasteiger partial charge in [0.25, 0.3) is 0 Å². The molecule has 0 radical (unpaired) electrons. The predicted octanol–water partition coefficient (Wildman–Crippen LogP) is 5.03. The Morgan fingerprint density at radius 3 is 2.48 bits per heavy atom. The third kappa shape index (κ3) is 2.61. The Bertz CT molecular complexity index is 854. The number of fused-ring (bicyclic) bond motifs is 1. The minimum absolute atomic E-state index is 0.131. The molecule has 0 aliphatic carbocycles. The number of H-pyrrole nitrogens is 1. The van der Waals surface area contributed by atoms with Crippen LogP contribution in [-0.2, 0) is 5.41 Å². The molecule has 0 spiro atoms. The molecule has 0 atom stereocenters. The maximum absolute atomic E-state index is 5.97. The number of rotatable bonds is 1. The van der Waals surface area contributed by atoms with Gasteiger partial charge >= 0.3 is 0 Å². The highest BCUT2D eigenvalue weighted by Gasteiger charge is 2.14. The van der Waals surface area contributed by atoms with Gasteiger partial charge in [-0.05, 0) is 41.4 Å². The fourth-order valence-corrected chi connectivity index (χ4v) is 2.78. The van der Waals surface area contributed by atoms with Gasteiger partial charge in [0, 0.05) is 11.9 Å². The topological polar surface area (TPSA) is 33.6 Å². The summed E-state index contributed by atoms with van der Waals surface area (Å²) in [6, 6.07) is 10.2. The largest absolute Gasteiger partial charge is 0.329 e. The van der Waals surface area contributed by atoms with E-state index in [2.05, 4.69) is 55.0 Å². The van der Waals surface area contributed by atoms with Crippen LogP contribution in [0.1, 0.15) is 26.3 Å². The van der Waals surface area contributed by atoms with Crippen molar-refractivity contribution in [3.8, 4) is 5.69 Å². The number of imidazole rings is 1. The van der Waals surface area contributed by atoms with Gasteiger partial charge in [-0.1, -0.05) is 44.5 Å². The number of pyridine rings is 1. The molecule has 1 aromatic carbocycles. The molecule has 0 saturated carbocycles. The van der Waals surface area contributed by atoms with Gasteiger partial charge in [0.1, 0.15) is 0 Å². The van der Waals surface area contributed by atoms with E-state index >= 15 is 0 Å². The molecule has 0 unspecified atom stereocenters. The second kappa shape index (κ2) is 4.97. The minimum atomic E-state index is 0.131. The molecule has 0 aliphatic heterocycles. The van der Waals surface area contributed by atoms with E-state index in [9.17, 15) is 0 Å². The molecule has 2 heterocycles. The van der Waals surface area contributed by atoms with Crippen molar-refractivity contribution >= 4 is 35.0 Å². The first-order valence-electron chi connectivity index (χ1n) is 6.73. The highest BCUT2D eigenvalue weighted by atomic mass is 35.5. The number of benzene rings is 1. The molecule has 0 bridgehead atoms. The molecule has 3 rings (SSSR count). The molecule has 0 amide bonds. The first-order chi connectivity index (χ1) is 9.86. The van der Waals surface area contributed by atoms with Gasteiger partial charge in [-0.3, -0.25) is 4.57 Å². The van der Waals surface area contributed by atoms with Crippen molar-refractivity contribution in [2.45, 2.75) is 26.2 Å². The smallest absolute Gasteiger partial charge is 0.183 e. The minimum Gasteiger partial charge on any atom is -0.329 e.